The topological polar surface area (TPSA) is 37.4 Å². The molecule has 2 aromatic carbocycles. The Labute approximate surface area is 185 Å². The van der Waals surface area contributed by atoms with E-state index in [1.165, 1.54) is 17.5 Å². The van der Waals surface area contributed by atoms with E-state index in [4.69, 9.17) is 16.3 Å². The van der Waals surface area contributed by atoms with Crippen molar-refractivity contribution in [1.82, 2.24) is 9.88 Å². The highest BCUT2D eigenvalue weighted by Gasteiger charge is 2.28. The first kappa shape index (κ1) is 20.5. The zero-order valence-corrected chi connectivity index (χ0v) is 18.6. The zero-order valence-electron chi connectivity index (χ0n) is 16.3. The molecule has 0 saturated carbocycles. The van der Waals surface area contributed by atoms with Gasteiger partial charge in [0, 0.05) is 42.0 Å². The van der Waals surface area contributed by atoms with Crippen molar-refractivity contribution in [3.8, 4) is 5.75 Å². The fraction of sp³-hybridized carbons (Fsp3) is 0.318. The van der Waals surface area contributed by atoms with Gasteiger partial charge in [0.1, 0.15) is 11.9 Å². The summed E-state index contributed by atoms with van der Waals surface area (Å²) in [5.74, 6) is 1.21. The van der Waals surface area contributed by atoms with E-state index in [-0.39, 0.29) is 6.10 Å². The van der Waals surface area contributed by atoms with E-state index < -0.39 is 0 Å². The van der Waals surface area contributed by atoms with E-state index in [1.54, 1.807) is 17.5 Å². The smallest absolute Gasteiger partial charge is 0.192 e. The lowest BCUT2D eigenvalue weighted by Crippen LogP contribution is -2.43. The van der Waals surface area contributed by atoms with Crippen molar-refractivity contribution in [2.24, 2.45) is 5.92 Å². The van der Waals surface area contributed by atoms with Crippen LogP contribution in [0.25, 0.3) is 0 Å². The SMILES string of the molecule is CC1CN(Cc2ccccc2)CC[C@H]1Oc1ccc(SNc2nccs2)cc1Cl. The van der Waals surface area contributed by atoms with Crippen LogP contribution in [0.15, 0.2) is 65.0 Å². The van der Waals surface area contributed by atoms with Crippen molar-refractivity contribution in [3.05, 3.63) is 70.7 Å². The molecule has 1 aliphatic rings. The lowest BCUT2D eigenvalue weighted by molar-refractivity contribution is 0.0490. The van der Waals surface area contributed by atoms with Crippen LogP contribution in [0.3, 0.4) is 0 Å². The molecule has 1 aromatic heterocycles. The Morgan fingerprint density at radius 1 is 1.28 bits per heavy atom. The number of thiazole rings is 1. The van der Waals surface area contributed by atoms with Gasteiger partial charge in [0.2, 0.25) is 0 Å². The molecule has 1 N–H and O–H groups in total. The summed E-state index contributed by atoms with van der Waals surface area (Å²) in [6.07, 6.45) is 2.97. The molecule has 2 heterocycles. The van der Waals surface area contributed by atoms with Crippen LogP contribution in [0.2, 0.25) is 5.02 Å². The first-order chi connectivity index (χ1) is 14.2. The van der Waals surface area contributed by atoms with Gasteiger partial charge in [0.15, 0.2) is 5.13 Å². The number of benzene rings is 2. The fourth-order valence-electron chi connectivity index (χ4n) is 3.55. The molecule has 4 nitrogen and oxygen atoms in total. The molecule has 7 heteroatoms. The average molecular weight is 446 g/mol. The molecule has 4 rings (SSSR count). The molecule has 0 spiro atoms. The number of piperidine rings is 1. The number of nitrogens with one attached hydrogen (secondary N) is 1. The molecule has 1 unspecified atom stereocenters. The van der Waals surface area contributed by atoms with Crippen LogP contribution in [0.5, 0.6) is 5.75 Å². The van der Waals surface area contributed by atoms with Crippen LogP contribution in [0.4, 0.5) is 5.13 Å². The van der Waals surface area contributed by atoms with Gasteiger partial charge in [0.25, 0.3) is 0 Å². The zero-order chi connectivity index (χ0) is 20.1. The van der Waals surface area contributed by atoms with Crippen molar-refractivity contribution >= 4 is 40.0 Å². The maximum Gasteiger partial charge on any atom is 0.192 e. The van der Waals surface area contributed by atoms with E-state index in [1.807, 2.05) is 23.6 Å². The molecule has 0 radical (unpaired) electrons. The Bertz CT molecular complexity index is 908. The summed E-state index contributed by atoms with van der Waals surface area (Å²) in [4.78, 5) is 7.75. The second kappa shape index (κ2) is 9.85. The van der Waals surface area contributed by atoms with Crippen molar-refractivity contribution in [1.29, 1.82) is 0 Å². The van der Waals surface area contributed by atoms with Gasteiger partial charge in [-0.05, 0) is 42.1 Å². The van der Waals surface area contributed by atoms with Gasteiger partial charge in [-0.25, -0.2) is 4.98 Å². The summed E-state index contributed by atoms with van der Waals surface area (Å²) >= 11 is 9.57. The lowest BCUT2D eigenvalue weighted by Gasteiger charge is -2.37. The maximum atomic E-state index is 6.50. The third-order valence-electron chi connectivity index (χ3n) is 5.03. The number of anilines is 1. The van der Waals surface area contributed by atoms with Gasteiger partial charge in [-0.15, -0.1) is 11.3 Å². The summed E-state index contributed by atoms with van der Waals surface area (Å²) in [5.41, 5.74) is 1.36. The first-order valence-electron chi connectivity index (χ1n) is 9.72. The molecule has 1 aliphatic heterocycles. The largest absolute Gasteiger partial charge is 0.488 e. The standard InChI is InChI=1S/C22H24ClN3OS2/c1-16-14-26(15-17-5-3-2-4-6-17)11-9-20(16)27-21-8-7-18(13-19(21)23)29-25-22-24-10-12-28-22/h2-8,10,12-13,16,20H,9,11,14-15H2,1H3,(H,24,25)/t16?,20-/m1/s1. The Kier molecular flexibility index (Phi) is 6.98. The molecule has 152 valence electrons. The van der Waals surface area contributed by atoms with Crippen LogP contribution >= 0.6 is 34.9 Å². The van der Waals surface area contributed by atoms with Gasteiger partial charge in [-0.2, -0.15) is 0 Å². The van der Waals surface area contributed by atoms with Gasteiger partial charge in [-0.3, -0.25) is 4.90 Å². The summed E-state index contributed by atoms with van der Waals surface area (Å²) < 4.78 is 9.52. The number of likely N-dealkylation sites (tertiary alicyclic amines) is 1. The number of ether oxygens (including phenoxy) is 1. The van der Waals surface area contributed by atoms with E-state index in [2.05, 4.69) is 51.9 Å². The molecule has 2 atom stereocenters. The molecule has 29 heavy (non-hydrogen) atoms. The quantitative estimate of drug-likeness (QED) is 0.438. The molecule has 3 aromatic rings. The minimum atomic E-state index is 0.187. The minimum absolute atomic E-state index is 0.187. The molecular weight excluding hydrogens is 422 g/mol. The number of halogens is 1. The van der Waals surface area contributed by atoms with Crippen LogP contribution in [-0.4, -0.2) is 29.1 Å². The number of hydrogen-bond acceptors (Lipinski definition) is 6. The third kappa shape index (κ3) is 5.66. The molecule has 1 saturated heterocycles. The maximum absolute atomic E-state index is 6.50. The highest BCUT2D eigenvalue weighted by Crippen LogP contribution is 2.33. The van der Waals surface area contributed by atoms with Crippen molar-refractivity contribution in [2.45, 2.75) is 30.9 Å². The second-order valence-corrected chi connectivity index (χ2v) is 9.46. The Morgan fingerprint density at radius 2 is 2.14 bits per heavy atom. The van der Waals surface area contributed by atoms with Crippen LogP contribution < -0.4 is 9.46 Å². The summed E-state index contributed by atoms with van der Waals surface area (Å²) in [6.45, 7) is 5.32. The van der Waals surface area contributed by atoms with Gasteiger partial charge < -0.3 is 9.46 Å². The summed E-state index contributed by atoms with van der Waals surface area (Å²) in [6, 6.07) is 16.6. The van der Waals surface area contributed by atoms with E-state index >= 15 is 0 Å². The van der Waals surface area contributed by atoms with Gasteiger partial charge in [-0.1, -0.05) is 48.9 Å². The predicted octanol–water partition coefficient (Wildman–Crippen LogP) is 6.21. The average Bonchev–Trinajstić information content (AvgIpc) is 3.24. The van der Waals surface area contributed by atoms with Crippen LogP contribution in [0.1, 0.15) is 18.9 Å². The molecule has 0 aliphatic carbocycles. The highest BCUT2D eigenvalue weighted by atomic mass is 35.5. The lowest BCUT2D eigenvalue weighted by atomic mass is 9.96. The Hall–Kier alpha value is -1.73. The van der Waals surface area contributed by atoms with E-state index in [0.29, 0.717) is 10.9 Å². The Balaban J connectivity index is 1.31. The van der Waals surface area contributed by atoms with Crippen LogP contribution in [-0.2, 0) is 6.54 Å². The van der Waals surface area contributed by atoms with Gasteiger partial charge in [0.05, 0.1) is 5.02 Å². The molecule has 0 amide bonds. The van der Waals surface area contributed by atoms with E-state index in [0.717, 1.165) is 41.8 Å². The van der Waals surface area contributed by atoms with Crippen molar-refractivity contribution < 1.29 is 4.74 Å². The number of rotatable bonds is 7. The monoisotopic (exact) mass is 445 g/mol. The Morgan fingerprint density at radius 3 is 2.86 bits per heavy atom. The number of nitrogens with zero attached hydrogens (tertiary/aromatic N) is 2. The highest BCUT2D eigenvalue weighted by molar-refractivity contribution is 8.00. The molecular formula is C22H24ClN3OS2. The predicted molar refractivity (Wildman–Crippen MR) is 123 cm³/mol. The fourth-order valence-corrected chi connectivity index (χ4v) is 5.10. The van der Waals surface area contributed by atoms with E-state index in [9.17, 15) is 0 Å². The number of hydrogen-bond donors (Lipinski definition) is 1. The van der Waals surface area contributed by atoms with Crippen molar-refractivity contribution in [3.63, 3.8) is 0 Å². The minimum Gasteiger partial charge on any atom is -0.488 e. The van der Waals surface area contributed by atoms with Gasteiger partial charge >= 0.3 is 0 Å². The first-order valence-corrected chi connectivity index (χ1v) is 11.8. The normalized spacial score (nSPS) is 19.8. The second-order valence-electron chi connectivity index (χ2n) is 7.28. The summed E-state index contributed by atoms with van der Waals surface area (Å²) in [7, 11) is 0. The molecule has 0 bridgehead atoms. The third-order valence-corrected chi connectivity index (χ3v) is 6.93. The summed E-state index contributed by atoms with van der Waals surface area (Å²) in [5, 5.41) is 3.47. The number of aromatic nitrogens is 1. The van der Waals surface area contributed by atoms with Crippen LogP contribution in [0, 0.1) is 5.92 Å². The van der Waals surface area contributed by atoms with Crippen molar-refractivity contribution in [2.75, 3.05) is 17.8 Å². The molecule has 1 fully saturated rings.